The van der Waals surface area contributed by atoms with Gasteiger partial charge in [-0.15, -0.1) is 0 Å². The van der Waals surface area contributed by atoms with E-state index in [1.807, 2.05) is 0 Å². The molecule has 0 aliphatic carbocycles. The van der Waals surface area contributed by atoms with Crippen LogP contribution in [0.1, 0.15) is 5.56 Å². The Labute approximate surface area is 92.1 Å². The zero-order chi connectivity index (χ0) is 12.0. The molecule has 6 heteroatoms. The molecule has 1 heterocycles. The first-order valence-corrected chi connectivity index (χ1v) is 4.63. The third-order valence-corrected chi connectivity index (χ3v) is 1.85. The van der Waals surface area contributed by atoms with Gasteiger partial charge in [-0.1, -0.05) is 6.07 Å². The van der Waals surface area contributed by atoms with Gasteiger partial charge in [0.25, 0.3) is 0 Å². The predicted octanol–water partition coefficient (Wildman–Crippen LogP) is 0.0528. The van der Waals surface area contributed by atoms with Gasteiger partial charge in [0.1, 0.15) is 0 Å². The molecule has 0 aliphatic heterocycles. The molecule has 1 aromatic rings. The van der Waals surface area contributed by atoms with Crippen LogP contribution in [0.15, 0.2) is 24.5 Å². The smallest absolute Gasteiger partial charge is 0.317 e. The fraction of sp³-hybridized carbons (Fsp3) is 0.300. The van der Waals surface area contributed by atoms with E-state index in [1.54, 1.807) is 24.5 Å². The van der Waals surface area contributed by atoms with Crippen LogP contribution in [-0.2, 0) is 16.1 Å². The number of carboxylic acids is 2. The van der Waals surface area contributed by atoms with Crippen molar-refractivity contribution in [3.8, 4) is 0 Å². The molecule has 16 heavy (non-hydrogen) atoms. The number of hydrogen-bond acceptors (Lipinski definition) is 4. The highest BCUT2D eigenvalue weighted by Gasteiger charge is 2.13. The summed E-state index contributed by atoms with van der Waals surface area (Å²) in [4.78, 5) is 26.3. The lowest BCUT2D eigenvalue weighted by atomic mass is 10.2. The summed E-state index contributed by atoms with van der Waals surface area (Å²) in [5, 5.41) is 17.2. The lowest BCUT2D eigenvalue weighted by Gasteiger charge is -2.17. The van der Waals surface area contributed by atoms with Crippen molar-refractivity contribution in [3.63, 3.8) is 0 Å². The Bertz CT molecular complexity index is 350. The highest BCUT2D eigenvalue weighted by Crippen LogP contribution is 2.02. The van der Waals surface area contributed by atoms with Gasteiger partial charge in [-0.3, -0.25) is 19.5 Å². The zero-order valence-corrected chi connectivity index (χ0v) is 8.54. The fourth-order valence-electron chi connectivity index (χ4n) is 1.30. The first-order valence-electron chi connectivity index (χ1n) is 4.63. The molecule has 0 unspecified atom stereocenters. The van der Waals surface area contributed by atoms with Crippen LogP contribution in [-0.4, -0.2) is 45.1 Å². The lowest BCUT2D eigenvalue weighted by Crippen LogP contribution is -2.33. The second-order valence-corrected chi connectivity index (χ2v) is 3.29. The third-order valence-electron chi connectivity index (χ3n) is 1.85. The second-order valence-electron chi connectivity index (χ2n) is 3.29. The molecular weight excluding hydrogens is 212 g/mol. The number of nitrogens with zero attached hydrogens (tertiary/aromatic N) is 2. The number of rotatable bonds is 6. The lowest BCUT2D eigenvalue weighted by molar-refractivity contribution is -0.142. The molecule has 6 nitrogen and oxygen atoms in total. The first-order chi connectivity index (χ1) is 7.58. The molecule has 0 atom stereocenters. The summed E-state index contributed by atoms with van der Waals surface area (Å²) in [5.74, 6) is -2.10. The Balaban J connectivity index is 2.63. The van der Waals surface area contributed by atoms with E-state index < -0.39 is 11.9 Å². The minimum absolute atomic E-state index is 0.256. The number of carboxylic acid groups (broad SMARTS) is 2. The topological polar surface area (TPSA) is 90.7 Å². The second kappa shape index (κ2) is 5.82. The Kier molecular flexibility index (Phi) is 4.41. The van der Waals surface area contributed by atoms with E-state index in [0.29, 0.717) is 0 Å². The Morgan fingerprint density at radius 1 is 1.25 bits per heavy atom. The molecule has 2 N–H and O–H groups in total. The van der Waals surface area contributed by atoms with Crippen LogP contribution in [0.25, 0.3) is 0 Å². The number of hydrogen-bond donors (Lipinski definition) is 2. The molecule has 0 saturated heterocycles. The number of aliphatic carboxylic acids is 2. The molecule has 0 aliphatic rings. The Hall–Kier alpha value is -1.95. The van der Waals surface area contributed by atoms with Crippen molar-refractivity contribution in [3.05, 3.63) is 30.1 Å². The van der Waals surface area contributed by atoms with Gasteiger partial charge in [0.15, 0.2) is 0 Å². The standard InChI is InChI=1S/C10H12N2O4/c13-9(14)6-12(7-10(15)16)5-8-2-1-3-11-4-8/h1-4H,5-7H2,(H,13,14)(H,15,16). The van der Waals surface area contributed by atoms with Crippen LogP contribution in [0, 0.1) is 0 Å². The van der Waals surface area contributed by atoms with E-state index in [2.05, 4.69) is 4.98 Å². The molecule has 0 saturated carbocycles. The van der Waals surface area contributed by atoms with Gasteiger partial charge >= 0.3 is 11.9 Å². The van der Waals surface area contributed by atoms with Gasteiger partial charge in [-0.2, -0.15) is 0 Å². The van der Waals surface area contributed by atoms with E-state index in [9.17, 15) is 9.59 Å². The van der Waals surface area contributed by atoms with Gasteiger partial charge in [-0.25, -0.2) is 0 Å². The zero-order valence-electron chi connectivity index (χ0n) is 8.54. The molecule has 1 rings (SSSR count). The van der Waals surface area contributed by atoms with Crippen LogP contribution < -0.4 is 0 Å². The Morgan fingerprint density at radius 2 is 1.88 bits per heavy atom. The number of pyridine rings is 1. The summed E-state index contributed by atoms with van der Waals surface area (Å²) < 4.78 is 0. The molecule has 86 valence electrons. The van der Waals surface area contributed by atoms with Gasteiger partial charge in [0.2, 0.25) is 0 Å². The summed E-state index contributed by atoms with van der Waals surface area (Å²) in [7, 11) is 0. The van der Waals surface area contributed by atoms with Crippen molar-refractivity contribution in [1.82, 2.24) is 9.88 Å². The SMILES string of the molecule is O=C(O)CN(CC(=O)O)Cc1cccnc1. The summed E-state index contributed by atoms with van der Waals surface area (Å²) in [6, 6.07) is 3.48. The maximum absolute atomic E-state index is 10.5. The van der Waals surface area contributed by atoms with Crippen molar-refractivity contribution >= 4 is 11.9 Å². The summed E-state index contributed by atoms with van der Waals surface area (Å²) in [6.45, 7) is -0.352. The van der Waals surface area contributed by atoms with E-state index in [0.717, 1.165) is 5.56 Å². The number of carbonyl (C=O) groups is 2. The quantitative estimate of drug-likeness (QED) is 0.709. The molecular formula is C10H12N2O4. The average Bonchev–Trinajstić information content (AvgIpc) is 2.16. The predicted molar refractivity (Wildman–Crippen MR) is 54.8 cm³/mol. The van der Waals surface area contributed by atoms with Crippen molar-refractivity contribution < 1.29 is 19.8 Å². The first kappa shape index (κ1) is 12.1. The molecule has 0 spiro atoms. The highest BCUT2D eigenvalue weighted by molar-refractivity contribution is 5.72. The van der Waals surface area contributed by atoms with Crippen LogP contribution >= 0.6 is 0 Å². The molecule has 0 amide bonds. The minimum Gasteiger partial charge on any atom is -0.480 e. The van der Waals surface area contributed by atoms with Gasteiger partial charge < -0.3 is 10.2 Å². The van der Waals surface area contributed by atoms with E-state index in [-0.39, 0.29) is 19.6 Å². The Morgan fingerprint density at radius 3 is 2.31 bits per heavy atom. The van der Waals surface area contributed by atoms with Gasteiger partial charge in [0.05, 0.1) is 13.1 Å². The normalized spacial score (nSPS) is 10.3. The van der Waals surface area contributed by atoms with E-state index in [4.69, 9.17) is 10.2 Å². The largest absolute Gasteiger partial charge is 0.480 e. The van der Waals surface area contributed by atoms with Crippen molar-refractivity contribution in [2.75, 3.05) is 13.1 Å². The minimum atomic E-state index is -1.05. The molecule has 0 radical (unpaired) electrons. The maximum Gasteiger partial charge on any atom is 0.317 e. The molecule has 0 aromatic carbocycles. The van der Waals surface area contributed by atoms with Crippen molar-refractivity contribution in [2.24, 2.45) is 0 Å². The van der Waals surface area contributed by atoms with Crippen LogP contribution in [0.4, 0.5) is 0 Å². The maximum atomic E-state index is 10.5. The summed E-state index contributed by atoms with van der Waals surface area (Å²) in [5.41, 5.74) is 0.782. The van der Waals surface area contributed by atoms with Crippen molar-refractivity contribution in [1.29, 1.82) is 0 Å². The van der Waals surface area contributed by atoms with E-state index >= 15 is 0 Å². The monoisotopic (exact) mass is 224 g/mol. The van der Waals surface area contributed by atoms with E-state index in [1.165, 1.54) is 4.90 Å². The molecule has 0 bridgehead atoms. The van der Waals surface area contributed by atoms with Crippen LogP contribution in [0.5, 0.6) is 0 Å². The highest BCUT2D eigenvalue weighted by atomic mass is 16.4. The summed E-state index contributed by atoms with van der Waals surface area (Å²) >= 11 is 0. The third kappa shape index (κ3) is 4.52. The summed E-state index contributed by atoms with van der Waals surface area (Å²) in [6.07, 6.45) is 3.18. The molecule has 1 aromatic heterocycles. The van der Waals surface area contributed by atoms with Crippen molar-refractivity contribution in [2.45, 2.75) is 6.54 Å². The number of aromatic nitrogens is 1. The van der Waals surface area contributed by atoms with Gasteiger partial charge in [-0.05, 0) is 11.6 Å². The van der Waals surface area contributed by atoms with Crippen LogP contribution in [0.3, 0.4) is 0 Å². The van der Waals surface area contributed by atoms with Crippen LogP contribution in [0.2, 0.25) is 0 Å². The average molecular weight is 224 g/mol. The fourth-order valence-corrected chi connectivity index (χ4v) is 1.30. The molecule has 0 fully saturated rings. The van der Waals surface area contributed by atoms with Gasteiger partial charge in [0, 0.05) is 18.9 Å².